The molecule has 0 radical (unpaired) electrons. The number of phenols is 1. The highest BCUT2D eigenvalue weighted by molar-refractivity contribution is 6.44. The van der Waals surface area contributed by atoms with Gasteiger partial charge in [-0.15, -0.1) is 0 Å². The van der Waals surface area contributed by atoms with Crippen LogP contribution in [0.5, 0.6) is 11.5 Å². The fraction of sp³-hybridized carbons (Fsp3) is 0.450. The number of aryl methyl sites for hydroxylation is 2. The lowest BCUT2D eigenvalue weighted by Crippen LogP contribution is -2.56. The number of aromatic amines is 1. The third-order valence-electron chi connectivity index (χ3n) is 5.87. The second kappa shape index (κ2) is 8.24. The molecule has 0 spiro atoms. The number of rotatable bonds is 8. The van der Waals surface area contributed by atoms with Crippen LogP contribution in [0.25, 0.3) is 0 Å². The van der Waals surface area contributed by atoms with Gasteiger partial charge in [-0.05, 0) is 37.3 Å². The van der Waals surface area contributed by atoms with Gasteiger partial charge in [-0.2, -0.15) is 0 Å². The number of hydrogen-bond donors (Lipinski definition) is 5. The summed E-state index contributed by atoms with van der Waals surface area (Å²) < 4.78 is 5.75. The second-order valence-electron chi connectivity index (χ2n) is 8.13. The van der Waals surface area contributed by atoms with E-state index < -0.39 is 24.7 Å². The second-order valence-corrected chi connectivity index (χ2v) is 8.13. The number of aromatic carboxylic acids is 1. The van der Waals surface area contributed by atoms with E-state index in [1.807, 2.05) is 6.92 Å². The van der Waals surface area contributed by atoms with Crippen LogP contribution < -0.4 is 4.74 Å². The number of carboxylic acids is 1. The van der Waals surface area contributed by atoms with Crippen LogP contribution in [-0.4, -0.2) is 73.3 Å². The number of amides is 1. The van der Waals surface area contributed by atoms with Crippen LogP contribution >= 0.6 is 0 Å². The summed E-state index contributed by atoms with van der Waals surface area (Å²) in [6, 6.07) is 3.03. The van der Waals surface area contributed by atoms with Gasteiger partial charge in [0.1, 0.15) is 29.0 Å². The molecule has 2 fully saturated rings. The number of imidazole rings is 1. The smallest absolute Gasteiger partial charge is 0.455 e. The van der Waals surface area contributed by atoms with Gasteiger partial charge in [0, 0.05) is 24.1 Å². The average molecular weight is 429 g/mol. The number of aromatic hydroxyl groups is 1. The molecule has 164 valence electrons. The van der Waals surface area contributed by atoms with Crippen LogP contribution in [0.1, 0.15) is 46.2 Å². The molecule has 2 aliphatic rings. The maximum atomic E-state index is 12.3. The monoisotopic (exact) mass is 429 g/mol. The van der Waals surface area contributed by atoms with Crippen LogP contribution in [0.2, 0.25) is 5.82 Å². The minimum Gasteiger partial charge on any atom is -0.507 e. The number of nitrogens with one attached hydrogen (secondary N) is 1. The van der Waals surface area contributed by atoms with Gasteiger partial charge < -0.3 is 34.9 Å². The van der Waals surface area contributed by atoms with Crippen molar-refractivity contribution in [3.63, 3.8) is 0 Å². The Morgan fingerprint density at radius 1 is 1.32 bits per heavy atom. The van der Waals surface area contributed by atoms with Gasteiger partial charge in [-0.1, -0.05) is 6.07 Å². The van der Waals surface area contributed by atoms with Crippen molar-refractivity contribution in [3.8, 4) is 11.5 Å². The summed E-state index contributed by atoms with van der Waals surface area (Å²) in [4.78, 5) is 32.9. The molecular formula is C20H24BN3O7. The summed E-state index contributed by atoms with van der Waals surface area (Å²) in [6.45, 7) is 2.52. The fourth-order valence-corrected chi connectivity index (χ4v) is 3.99. The highest BCUT2D eigenvalue weighted by Gasteiger charge is 2.48. The SMILES string of the molecule is Cc1ncc(CCC(=O)N2CC(Oc3ccc([C@@H]4C[C@@H]4B(O)O)c(O)c3C(=O)O)C2)[nH]1. The Morgan fingerprint density at radius 3 is 2.65 bits per heavy atom. The van der Waals surface area contributed by atoms with Crippen molar-refractivity contribution in [2.45, 2.75) is 44.0 Å². The van der Waals surface area contributed by atoms with Crippen LogP contribution in [0.3, 0.4) is 0 Å². The maximum absolute atomic E-state index is 12.3. The van der Waals surface area contributed by atoms with E-state index in [0.29, 0.717) is 37.9 Å². The van der Waals surface area contributed by atoms with Gasteiger partial charge in [-0.3, -0.25) is 4.79 Å². The van der Waals surface area contributed by atoms with E-state index in [0.717, 1.165) is 11.5 Å². The standard InChI is InChI=1S/C20H24BN3O7/c1-10-22-7-11(23-10)2-5-17(25)24-8-12(9-24)31-16-4-3-13(14-6-15(14)21(29)30)19(26)18(16)20(27)28/h3-4,7,12,14-15,26,29-30H,2,5-6,8-9H2,1H3,(H,22,23)(H,27,28)/t14-,15-/m0/s1. The summed E-state index contributed by atoms with van der Waals surface area (Å²) in [5.74, 6) is -1.67. The number of benzene rings is 1. The number of H-pyrrole nitrogens is 1. The highest BCUT2D eigenvalue weighted by Crippen LogP contribution is 2.56. The predicted octanol–water partition coefficient (Wildman–Crippen LogP) is 0.675. The van der Waals surface area contributed by atoms with Crippen molar-refractivity contribution in [1.29, 1.82) is 0 Å². The zero-order chi connectivity index (χ0) is 22.3. The van der Waals surface area contributed by atoms with Crippen molar-refractivity contribution in [3.05, 3.63) is 41.0 Å². The Bertz CT molecular complexity index is 1000. The first-order valence-electron chi connectivity index (χ1n) is 10.1. The topological polar surface area (TPSA) is 156 Å². The highest BCUT2D eigenvalue weighted by atomic mass is 16.5. The molecular weight excluding hydrogens is 405 g/mol. The summed E-state index contributed by atoms with van der Waals surface area (Å²) in [7, 11) is -1.51. The zero-order valence-corrected chi connectivity index (χ0v) is 17.0. The van der Waals surface area contributed by atoms with Gasteiger partial charge in [0.25, 0.3) is 0 Å². The van der Waals surface area contributed by atoms with E-state index in [1.165, 1.54) is 6.07 Å². The maximum Gasteiger partial charge on any atom is 0.455 e. The lowest BCUT2D eigenvalue weighted by Gasteiger charge is -2.39. The van der Waals surface area contributed by atoms with Crippen LogP contribution in [0.15, 0.2) is 18.3 Å². The fourth-order valence-electron chi connectivity index (χ4n) is 3.99. The van der Waals surface area contributed by atoms with Gasteiger partial charge in [0.05, 0.1) is 13.1 Å². The molecule has 1 saturated carbocycles. The van der Waals surface area contributed by atoms with E-state index in [4.69, 9.17) is 4.74 Å². The van der Waals surface area contributed by atoms with Crippen LogP contribution in [0, 0.1) is 6.92 Å². The molecule has 0 bridgehead atoms. The molecule has 1 saturated heterocycles. The van der Waals surface area contributed by atoms with Crippen molar-refractivity contribution in [1.82, 2.24) is 14.9 Å². The molecule has 2 heterocycles. The third-order valence-corrected chi connectivity index (χ3v) is 5.87. The molecule has 11 heteroatoms. The number of likely N-dealkylation sites (tertiary alicyclic amines) is 1. The summed E-state index contributed by atoms with van der Waals surface area (Å²) in [6.07, 6.45) is 2.70. The molecule has 4 rings (SSSR count). The molecule has 1 amide bonds. The minimum absolute atomic E-state index is 0.0221. The van der Waals surface area contributed by atoms with Crippen LogP contribution in [0.4, 0.5) is 0 Å². The van der Waals surface area contributed by atoms with Crippen LogP contribution in [-0.2, 0) is 11.2 Å². The number of hydrogen-bond acceptors (Lipinski definition) is 7. The predicted molar refractivity (Wildman–Crippen MR) is 109 cm³/mol. The van der Waals surface area contributed by atoms with Gasteiger partial charge in [0.15, 0.2) is 0 Å². The molecule has 31 heavy (non-hydrogen) atoms. The Morgan fingerprint density at radius 2 is 2.06 bits per heavy atom. The van der Waals surface area contributed by atoms with E-state index in [-0.39, 0.29) is 29.2 Å². The summed E-state index contributed by atoms with van der Waals surface area (Å²) in [5.41, 5.74) is 0.907. The summed E-state index contributed by atoms with van der Waals surface area (Å²) in [5, 5.41) is 38.6. The largest absolute Gasteiger partial charge is 0.507 e. The van der Waals surface area contributed by atoms with Gasteiger partial charge in [-0.25, -0.2) is 9.78 Å². The Labute approximate surface area is 178 Å². The van der Waals surface area contributed by atoms with Crippen molar-refractivity contribution >= 4 is 19.0 Å². The lowest BCUT2D eigenvalue weighted by molar-refractivity contribution is -0.140. The van der Waals surface area contributed by atoms with Gasteiger partial charge in [0.2, 0.25) is 5.91 Å². The normalized spacial score (nSPS) is 20.3. The molecule has 1 aromatic heterocycles. The Hall–Kier alpha value is -3.05. The molecule has 10 nitrogen and oxygen atoms in total. The quantitative estimate of drug-likeness (QED) is 0.384. The molecule has 2 atom stereocenters. The molecule has 1 aliphatic heterocycles. The van der Waals surface area contributed by atoms with E-state index in [1.54, 1.807) is 17.2 Å². The lowest BCUT2D eigenvalue weighted by atomic mass is 9.81. The summed E-state index contributed by atoms with van der Waals surface area (Å²) >= 11 is 0. The number of carbonyl (C=O) groups excluding carboxylic acids is 1. The van der Waals surface area contributed by atoms with Crippen molar-refractivity contribution in [2.75, 3.05) is 13.1 Å². The molecule has 2 aromatic rings. The number of aromatic nitrogens is 2. The molecule has 1 aliphatic carbocycles. The van der Waals surface area contributed by atoms with Crippen molar-refractivity contribution in [2.24, 2.45) is 0 Å². The third kappa shape index (κ3) is 4.37. The number of carboxylic acid groups (broad SMARTS) is 1. The van der Waals surface area contributed by atoms with E-state index in [9.17, 15) is 29.9 Å². The number of ether oxygens (including phenoxy) is 1. The first-order valence-corrected chi connectivity index (χ1v) is 10.1. The first kappa shape index (κ1) is 21.2. The molecule has 5 N–H and O–H groups in total. The zero-order valence-electron chi connectivity index (χ0n) is 17.0. The van der Waals surface area contributed by atoms with E-state index >= 15 is 0 Å². The molecule has 1 aromatic carbocycles. The average Bonchev–Trinajstić information content (AvgIpc) is 3.36. The number of carbonyl (C=O) groups is 2. The molecule has 0 unspecified atom stereocenters. The first-order chi connectivity index (χ1) is 14.7. The van der Waals surface area contributed by atoms with Crippen molar-refractivity contribution < 1.29 is 34.6 Å². The Kier molecular flexibility index (Phi) is 5.63. The number of nitrogens with zero attached hydrogens (tertiary/aromatic N) is 2. The minimum atomic E-state index is -1.51. The Balaban J connectivity index is 1.35. The van der Waals surface area contributed by atoms with Gasteiger partial charge >= 0.3 is 13.1 Å². The van der Waals surface area contributed by atoms with E-state index in [2.05, 4.69) is 9.97 Å².